The highest BCUT2D eigenvalue weighted by Gasteiger charge is 2.15. The number of nitrogens with one attached hydrogen (secondary N) is 1. The van der Waals surface area contributed by atoms with E-state index in [4.69, 9.17) is 16.7 Å². The monoisotopic (exact) mass is 417 g/mol. The maximum atomic E-state index is 13.4. The Balaban J connectivity index is 2.01. The van der Waals surface area contributed by atoms with Crippen LogP contribution in [0.3, 0.4) is 0 Å². The smallest absolute Gasteiger partial charge is 0.307 e. The highest BCUT2D eigenvalue weighted by atomic mass is 35.5. The van der Waals surface area contributed by atoms with Gasteiger partial charge in [0.25, 0.3) is 0 Å². The third kappa shape index (κ3) is 4.55. The molecule has 0 unspecified atom stereocenters. The molecule has 5 nitrogen and oxygen atoms in total. The van der Waals surface area contributed by atoms with Gasteiger partial charge in [0.2, 0.25) is 0 Å². The van der Waals surface area contributed by atoms with Gasteiger partial charge >= 0.3 is 5.97 Å². The van der Waals surface area contributed by atoms with Gasteiger partial charge in [0, 0.05) is 11.3 Å². The minimum atomic E-state index is -0.927. The number of aryl methyl sites for hydroxylation is 1. The summed E-state index contributed by atoms with van der Waals surface area (Å²) >= 11 is 7.30. The number of thiophene rings is 1. The van der Waals surface area contributed by atoms with Crippen LogP contribution >= 0.6 is 22.9 Å². The first kappa shape index (κ1) is 20.0. The lowest BCUT2D eigenvalue weighted by Gasteiger charge is -2.15. The van der Waals surface area contributed by atoms with Gasteiger partial charge in [-0.1, -0.05) is 23.7 Å². The summed E-state index contributed by atoms with van der Waals surface area (Å²) in [5.74, 6) is 0.0358. The first-order valence-electron chi connectivity index (χ1n) is 8.38. The molecule has 0 spiro atoms. The second-order valence-corrected chi connectivity index (χ2v) is 7.51. The van der Waals surface area contributed by atoms with Crippen molar-refractivity contribution in [3.8, 4) is 10.7 Å². The number of aromatic nitrogens is 2. The number of aliphatic carboxylic acids is 1. The maximum Gasteiger partial charge on any atom is 0.307 e. The van der Waals surface area contributed by atoms with Crippen molar-refractivity contribution in [2.45, 2.75) is 19.8 Å². The molecule has 0 aliphatic heterocycles. The summed E-state index contributed by atoms with van der Waals surface area (Å²) in [4.78, 5) is 20.6. The lowest BCUT2D eigenvalue weighted by molar-refractivity contribution is -0.136. The van der Waals surface area contributed by atoms with Gasteiger partial charge in [-0.15, -0.1) is 17.9 Å². The van der Waals surface area contributed by atoms with Gasteiger partial charge in [-0.05, 0) is 43.2 Å². The van der Waals surface area contributed by atoms with Gasteiger partial charge in [0.1, 0.15) is 5.82 Å². The fraction of sp³-hybridized carbons (Fsp3) is 0.150. The number of carbonyl (C=O) groups is 1. The average Bonchev–Trinajstić information content (AvgIpc) is 3.06. The third-order valence-corrected chi connectivity index (χ3v) is 5.18. The zero-order valence-electron chi connectivity index (χ0n) is 15.0. The molecule has 2 N–H and O–H groups in total. The molecule has 0 aliphatic rings. The number of hydrogen-bond donors (Lipinski definition) is 2. The Morgan fingerprint density at radius 3 is 2.75 bits per heavy atom. The van der Waals surface area contributed by atoms with Crippen LogP contribution in [0, 0.1) is 12.1 Å². The SMILES string of the molecule is C=CCc1c(C)nc(-c2ccc(F)s2)nc1Nc1ccc(CC(=O)O)cc1Cl. The summed E-state index contributed by atoms with van der Waals surface area (Å²) in [6, 6.07) is 8.02. The number of allylic oxidation sites excluding steroid dienone is 1. The molecular formula is C20H17ClFN3O2S. The van der Waals surface area contributed by atoms with Gasteiger partial charge in [0.05, 0.1) is 22.0 Å². The predicted octanol–water partition coefficient (Wildman–Crippen LogP) is 5.41. The second kappa shape index (κ2) is 8.50. The molecule has 144 valence electrons. The van der Waals surface area contributed by atoms with E-state index in [1.165, 1.54) is 6.07 Å². The van der Waals surface area contributed by atoms with E-state index in [9.17, 15) is 9.18 Å². The van der Waals surface area contributed by atoms with E-state index in [1.807, 2.05) is 6.92 Å². The van der Waals surface area contributed by atoms with Crippen LogP contribution in [-0.4, -0.2) is 21.0 Å². The van der Waals surface area contributed by atoms with Crippen molar-refractivity contribution >= 4 is 40.4 Å². The van der Waals surface area contributed by atoms with Crippen LogP contribution in [0.2, 0.25) is 5.02 Å². The largest absolute Gasteiger partial charge is 0.481 e. The van der Waals surface area contributed by atoms with Crippen molar-refractivity contribution in [1.29, 1.82) is 0 Å². The highest BCUT2D eigenvalue weighted by Crippen LogP contribution is 2.31. The lowest BCUT2D eigenvalue weighted by Crippen LogP contribution is -2.06. The van der Waals surface area contributed by atoms with Crippen LogP contribution in [0.1, 0.15) is 16.8 Å². The van der Waals surface area contributed by atoms with Crippen LogP contribution < -0.4 is 5.32 Å². The Bertz CT molecular complexity index is 1050. The number of halogens is 2. The van der Waals surface area contributed by atoms with Gasteiger partial charge in [-0.3, -0.25) is 4.79 Å². The lowest BCUT2D eigenvalue weighted by atomic mass is 10.1. The van der Waals surface area contributed by atoms with Crippen LogP contribution in [0.4, 0.5) is 15.9 Å². The van der Waals surface area contributed by atoms with Crippen molar-refractivity contribution < 1.29 is 14.3 Å². The van der Waals surface area contributed by atoms with E-state index < -0.39 is 5.97 Å². The molecule has 0 saturated carbocycles. The molecule has 2 aromatic heterocycles. The van der Waals surface area contributed by atoms with E-state index in [-0.39, 0.29) is 11.6 Å². The highest BCUT2D eigenvalue weighted by molar-refractivity contribution is 7.13. The molecule has 2 heterocycles. The summed E-state index contributed by atoms with van der Waals surface area (Å²) in [5.41, 5.74) is 2.78. The third-order valence-electron chi connectivity index (χ3n) is 4.00. The standard InChI is InChI=1S/C20H17ClFN3O2S/c1-3-4-13-11(2)23-20(16-7-8-17(22)28-16)25-19(13)24-15-6-5-12(9-14(15)21)10-18(26)27/h3,5-9H,1,4,10H2,2H3,(H,26,27)(H,23,24,25). The van der Waals surface area contributed by atoms with Crippen LogP contribution in [-0.2, 0) is 17.6 Å². The topological polar surface area (TPSA) is 75.1 Å². The fourth-order valence-electron chi connectivity index (χ4n) is 2.70. The minimum absolute atomic E-state index is 0.109. The number of rotatable bonds is 7. The summed E-state index contributed by atoms with van der Waals surface area (Å²) in [5, 5.41) is 12.2. The zero-order chi connectivity index (χ0) is 20.3. The number of benzene rings is 1. The Kier molecular flexibility index (Phi) is 6.06. The van der Waals surface area contributed by atoms with Crippen molar-refractivity contribution in [3.05, 3.63) is 70.0 Å². The Hall–Kier alpha value is -2.77. The van der Waals surface area contributed by atoms with Gasteiger partial charge < -0.3 is 10.4 Å². The predicted molar refractivity (Wildman–Crippen MR) is 110 cm³/mol. The van der Waals surface area contributed by atoms with Gasteiger partial charge in [-0.2, -0.15) is 4.39 Å². The van der Waals surface area contributed by atoms with Crippen molar-refractivity contribution in [2.24, 2.45) is 0 Å². The van der Waals surface area contributed by atoms with Crippen molar-refractivity contribution in [1.82, 2.24) is 9.97 Å². The molecule has 3 rings (SSSR count). The van der Waals surface area contributed by atoms with Gasteiger partial charge in [-0.25, -0.2) is 9.97 Å². The number of nitrogens with zero attached hydrogens (tertiary/aromatic N) is 2. The fourth-order valence-corrected chi connectivity index (χ4v) is 3.62. The van der Waals surface area contributed by atoms with Crippen molar-refractivity contribution in [2.75, 3.05) is 5.32 Å². The normalized spacial score (nSPS) is 10.7. The molecule has 28 heavy (non-hydrogen) atoms. The van der Waals surface area contributed by atoms with E-state index in [0.717, 1.165) is 22.6 Å². The summed E-state index contributed by atoms with van der Waals surface area (Å²) in [6.45, 7) is 5.63. The van der Waals surface area contributed by atoms with Gasteiger partial charge in [0.15, 0.2) is 11.0 Å². The molecule has 0 bridgehead atoms. The van der Waals surface area contributed by atoms with Crippen LogP contribution in [0.5, 0.6) is 0 Å². The molecule has 0 aliphatic carbocycles. The summed E-state index contributed by atoms with van der Waals surface area (Å²) in [7, 11) is 0. The molecule has 3 aromatic rings. The number of hydrogen-bond acceptors (Lipinski definition) is 5. The van der Waals surface area contributed by atoms with E-state index in [0.29, 0.717) is 39.2 Å². The molecule has 0 atom stereocenters. The Morgan fingerprint density at radius 1 is 1.36 bits per heavy atom. The number of carboxylic acids is 1. The zero-order valence-corrected chi connectivity index (χ0v) is 16.6. The molecule has 0 saturated heterocycles. The van der Waals surface area contributed by atoms with E-state index >= 15 is 0 Å². The van der Waals surface area contributed by atoms with Crippen LogP contribution in [0.25, 0.3) is 10.7 Å². The maximum absolute atomic E-state index is 13.4. The van der Waals surface area contributed by atoms with E-state index in [1.54, 1.807) is 30.3 Å². The molecular weight excluding hydrogens is 401 g/mol. The van der Waals surface area contributed by atoms with Crippen LogP contribution in [0.15, 0.2) is 43.0 Å². The summed E-state index contributed by atoms with van der Waals surface area (Å²) < 4.78 is 13.4. The second-order valence-electron chi connectivity index (χ2n) is 6.07. The summed E-state index contributed by atoms with van der Waals surface area (Å²) in [6.07, 6.45) is 2.18. The Morgan fingerprint density at radius 2 is 2.14 bits per heavy atom. The quantitative estimate of drug-likeness (QED) is 0.503. The molecule has 0 radical (unpaired) electrons. The minimum Gasteiger partial charge on any atom is -0.481 e. The van der Waals surface area contributed by atoms with E-state index in [2.05, 4.69) is 21.9 Å². The Labute approximate surface area is 170 Å². The molecule has 0 fully saturated rings. The molecule has 0 amide bonds. The number of carboxylic acid groups (broad SMARTS) is 1. The van der Waals surface area contributed by atoms with Crippen molar-refractivity contribution in [3.63, 3.8) is 0 Å². The first-order valence-corrected chi connectivity index (χ1v) is 9.58. The first-order chi connectivity index (χ1) is 13.4. The molecule has 1 aromatic carbocycles. The molecule has 8 heteroatoms. The number of anilines is 2. The average molecular weight is 418 g/mol.